The molecule has 1 saturated carbocycles. The molecule has 21 heavy (non-hydrogen) atoms. The van der Waals surface area contributed by atoms with Crippen molar-refractivity contribution in [2.24, 2.45) is 0 Å². The summed E-state index contributed by atoms with van der Waals surface area (Å²) in [7, 11) is 1.79. The number of hydrogen-bond acceptors (Lipinski definition) is 4. The topological polar surface area (TPSA) is 59.6 Å². The fourth-order valence-electron chi connectivity index (χ4n) is 2.85. The summed E-state index contributed by atoms with van der Waals surface area (Å²) in [6.07, 6.45) is 3.49. The van der Waals surface area contributed by atoms with Gasteiger partial charge in [0.15, 0.2) is 6.61 Å². The molecule has 0 radical (unpaired) electrons. The summed E-state index contributed by atoms with van der Waals surface area (Å²) >= 11 is 0. The number of nitrogens with one attached hydrogen (secondary N) is 2. The average Bonchev–Trinajstić information content (AvgIpc) is 2.45. The third-order valence-corrected chi connectivity index (χ3v) is 4.56. The Morgan fingerprint density at radius 2 is 2.29 bits per heavy atom. The highest BCUT2D eigenvalue weighted by Gasteiger charge is 2.36. The van der Waals surface area contributed by atoms with Gasteiger partial charge >= 0.3 is 0 Å². The van der Waals surface area contributed by atoms with Crippen LogP contribution in [0.1, 0.15) is 37.8 Å². The summed E-state index contributed by atoms with van der Waals surface area (Å²) in [6.45, 7) is 3.07. The van der Waals surface area contributed by atoms with Crippen molar-refractivity contribution in [2.75, 3.05) is 25.6 Å². The van der Waals surface area contributed by atoms with Crippen LogP contribution in [0.5, 0.6) is 5.75 Å². The van der Waals surface area contributed by atoms with E-state index in [1.165, 1.54) is 6.42 Å². The fourth-order valence-corrected chi connectivity index (χ4v) is 2.85. The molecule has 1 aliphatic carbocycles. The SMILES string of the molecule is COC1(CNC(C)c2ccc3c(c2)NC(=O)CO3)CCC1. The fraction of sp³-hybridized carbons (Fsp3) is 0.562. The van der Waals surface area contributed by atoms with Crippen LogP contribution in [0.3, 0.4) is 0 Å². The van der Waals surface area contributed by atoms with Crippen molar-refractivity contribution in [1.82, 2.24) is 5.32 Å². The monoisotopic (exact) mass is 290 g/mol. The van der Waals surface area contributed by atoms with Crippen LogP contribution >= 0.6 is 0 Å². The van der Waals surface area contributed by atoms with E-state index in [0.717, 1.165) is 36.4 Å². The minimum Gasteiger partial charge on any atom is -0.482 e. The van der Waals surface area contributed by atoms with Crippen LogP contribution in [-0.2, 0) is 9.53 Å². The predicted molar refractivity (Wildman–Crippen MR) is 80.6 cm³/mol. The first kappa shape index (κ1) is 14.4. The maximum atomic E-state index is 11.4. The van der Waals surface area contributed by atoms with Gasteiger partial charge in [0.25, 0.3) is 5.91 Å². The standard InChI is InChI=1S/C16H22N2O3/c1-11(17-10-16(20-2)6-3-7-16)12-4-5-14-13(8-12)18-15(19)9-21-14/h4-5,8,11,17H,3,6-7,9-10H2,1-2H3,(H,18,19). The van der Waals surface area contributed by atoms with E-state index >= 15 is 0 Å². The molecule has 5 nitrogen and oxygen atoms in total. The number of carbonyl (C=O) groups excluding carboxylic acids is 1. The van der Waals surface area contributed by atoms with E-state index < -0.39 is 0 Å². The molecule has 0 aromatic heterocycles. The Hall–Kier alpha value is -1.59. The zero-order valence-corrected chi connectivity index (χ0v) is 12.6. The van der Waals surface area contributed by atoms with Crippen LogP contribution in [-0.4, -0.2) is 31.8 Å². The van der Waals surface area contributed by atoms with E-state index in [0.29, 0.717) is 0 Å². The molecule has 5 heteroatoms. The Bertz CT molecular complexity index is 535. The number of carbonyl (C=O) groups is 1. The van der Waals surface area contributed by atoms with Crippen molar-refractivity contribution in [3.63, 3.8) is 0 Å². The molecule has 0 spiro atoms. The zero-order chi connectivity index (χ0) is 14.9. The molecule has 3 rings (SSSR count). The molecule has 1 aromatic carbocycles. The Morgan fingerprint density at radius 3 is 2.95 bits per heavy atom. The van der Waals surface area contributed by atoms with Crippen LogP contribution in [0, 0.1) is 0 Å². The van der Waals surface area contributed by atoms with Gasteiger partial charge in [0.05, 0.1) is 11.3 Å². The van der Waals surface area contributed by atoms with Gasteiger partial charge in [-0.3, -0.25) is 4.79 Å². The number of fused-ring (bicyclic) bond motifs is 1. The number of benzene rings is 1. The quantitative estimate of drug-likeness (QED) is 0.873. The molecule has 1 heterocycles. The van der Waals surface area contributed by atoms with Crippen molar-refractivity contribution in [1.29, 1.82) is 0 Å². The van der Waals surface area contributed by atoms with E-state index in [2.05, 4.69) is 17.6 Å². The highest BCUT2D eigenvalue weighted by Crippen LogP contribution is 2.35. The summed E-state index contributed by atoms with van der Waals surface area (Å²) in [5, 5.41) is 6.38. The Morgan fingerprint density at radius 1 is 1.48 bits per heavy atom. The van der Waals surface area contributed by atoms with Crippen molar-refractivity contribution in [2.45, 2.75) is 37.8 Å². The van der Waals surface area contributed by atoms with E-state index in [4.69, 9.17) is 9.47 Å². The van der Waals surface area contributed by atoms with Gasteiger partial charge in [-0.25, -0.2) is 0 Å². The minimum atomic E-state index is -0.104. The van der Waals surface area contributed by atoms with Crippen molar-refractivity contribution in [3.8, 4) is 5.75 Å². The molecule has 1 fully saturated rings. The lowest BCUT2D eigenvalue weighted by molar-refractivity contribution is -0.118. The second-order valence-electron chi connectivity index (χ2n) is 5.94. The lowest BCUT2D eigenvalue weighted by Crippen LogP contribution is -2.48. The van der Waals surface area contributed by atoms with Crippen molar-refractivity contribution < 1.29 is 14.3 Å². The maximum absolute atomic E-state index is 11.4. The van der Waals surface area contributed by atoms with Gasteiger partial charge in [-0.1, -0.05) is 6.07 Å². The number of amides is 1. The van der Waals surface area contributed by atoms with Gasteiger partial charge in [0.2, 0.25) is 0 Å². The summed E-state index contributed by atoms with van der Waals surface area (Å²) in [5.74, 6) is 0.631. The molecule has 0 saturated heterocycles. The zero-order valence-electron chi connectivity index (χ0n) is 12.6. The van der Waals surface area contributed by atoms with Crippen LogP contribution in [0.4, 0.5) is 5.69 Å². The molecule has 1 aliphatic heterocycles. The summed E-state index contributed by atoms with van der Waals surface area (Å²) in [4.78, 5) is 11.4. The van der Waals surface area contributed by atoms with Gasteiger partial charge in [-0.2, -0.15) is 0 Å². The van der Waals surface area contributed by atoms with Gasteiger partial charge < -0.3 is 20.1 Å². The first-order chi connectivity index (χ1) is 10.1. The van der Waals surface area contributed by atoms with E-state index in [-0.39, 0.29) is 24.2 Å². The largest absolute Gasteiger partial charge is 0.482 e. The molecule has 1 atom stereocenters. The number of rotatable bonds is 5. The third kappa shape index (κ3) is 2.89. The van der Waals surface area contributed by atoms with Crippen molar-refractivity contribution >= 4 is 11.6 Å². The van der Waals surface area contributed by atoms with E-state index in [9.17, 15) is 4.79 Å². The molecule has 1 unspecified atom stereocenters. The minimum absolute atomic E-state index is 0.0137. The van der Waals surface area contributed by atoms with Crippen LogP contribution < -0.4 is 15.4 Å². The third-order valence-electron chi connectivity index (χ3n) is 4.56. The smallest absolute Gasteiger partial charge is 0.262 e. The summed E-state index contributed by atoms with van der Waals surface area (Å²) in [6, 6.07) is 6.12. The van der Waals surface area contributed by atoms with Gasteiger partial charge in [0, 0.05) is 19.7 Å². The van der Waals surface area contributed by atoms with Crippen LogP contribution in [0.2, 0.25) is 0 Å². The first-order valence-electron chi connectivity index (χ1n) is 7.47. The molecule has 2 aliphatic rings. The molecule has 0 bridgehead atoms. The lowest BCUT2D eigenvalue weighted by Gasteiger charge is -2.41. The highest BCUT2D eigenvalue weighted by molar-refractivity contribution is 5.95. The lowest BCUT2D eigenvalue weighted by atomic mass is 9.80. The summed E-state index contributed by atoms with van der Waals surface area (Å²) < 4.78 is 11.0. The normalized spacial score (nSPS) is 20.8. The van der Waals surface area contributed by atoms with Crippen LogP contribution in [0.25, 0.3) is 0 Å². The predicted octanol–water partition coefficient (Wildman–Crippen LogP) is 2.24. The Labute approximate surface area is 125 Å². The second kappa shape index (κ2) is 5.66. The first-order valence-corrected chi connectivity index (χ1v) is 7.47. The Kier molecular flexibility index (Phi) is 3.87. The second-order valence-corrected chi connectivity index (χ2v) is 5.94. The maximum Gasteiger partial charge on any atom is 0.262 e. The van der Waals surface area contributed by atoms with E-state index in [1.807, 2.05) is 18.2 Å². The molecular formula is C16H22N2O3. The van der Waals surface area contributed by atoms with E-state index in [1.54, 1.807) is 7.11 Å². The van der Waals surface area contributed by atoms with Gasteiger partial charge in [-0.15, -0.1) is 0 Å². The molecule has 1 aromatic rings. The van der Waals surface area contributed by atoms with Gasteiger partial charge in [0.1, 0.15) is 5.75 Å². The summed E-state index contributed by atoms with van der Waals surface area (Å²) in [5.41, 5.74) is 1.90. The number of ether oxygens (including phenoxy) is 2. The Balaban J connectivity index is 1.66. The molecule has 1 amide bonds. The number of anilines is 1. The number of methoxy groups -OCH3 is 1. The molecule has 114 valence electrons. The number of hydrogen-bond donors (Lipinski definition) is 2. The van der Waals surface area contributed by atoms with Gasteiger partial charge in [-0.05, 0) is 43.9 Å². The molecule has 2 N–H and O–H groups in total. The molecular weight excluding hydrogens is 268 g/mol. The van der Waals surface area contributed by atoms with Crippen molar-refractivity contribution in [3.05, 3.63) is 23.8 Å². The van der Waals surface area contributed by atoms with Crippen LogP contribution in [0.15, 0.2) is 18.2 Å². The highest BCUT2D eigenvalue weighted by atomic mass is 16.5. The average molecular weight is 290 g/mol.